The number of hydrogen-bond acceptors (Lipinski definition) is 1. The van der Waals surface area contributed by atoms with Gasteiger partial charge in [-0.2, -0.15) is 0 Å². The highest BCUT2D eigenvalue weighted by molar-refractivity contribution is 5.97. The molecule has 0 aromatic heterocycles. The second kappa shape index (κ2) is 4.18. The number of benzene rings is 1. The Hall–Kier alpha value is -1.11. The maximum atomic E-state index is 12.0. The molecule has 0 saturated heterocycles. The monoisotopic (exact) mass is 201 g/mol. The molecule has 1 nitrogen and oxygen atoms in total. The minimum atomic E-state index is 0.199. The molecule has 0 aliphatic heterocycles. The third-order valence-corrected chi connectivity index (χ3v) is 2.81. The Morgan fingerprint density at radius 1 is 1.47 bits per heavy atom. The normalized spacial score (nSPS) is 15.7. The van der Waals surface area contributed by atoms with Crippen molar-refractivity contribution in [3.8, 4) is 0 Å². The number of carbonyl (C=O) groups excluding carboxylic acids is 1. The molecule has 1 heteroatoms. The molecule has 0 heterocycles. The molecule has 1 aliphatic carbocycles. The van der Waals surface area contributed by atoms with Gasteiger partial charge in [-0.05, 0) is 30.2 Å². The van der Waals surface area contributed by atoms with Gasteiger partial charge in [-0.15, -0.1) is 0 Å². The molecular formula is C14H17O. The molecule has 2 rings (SSSR count). The molecule has 1 fully saturated rings. The summed E-state index contributed by atoms with van der Waals surface area (Å²) in [4.78, 5) is 12.0. The van der Waals surface area contributed by atoms with Crippen molar-refractivity contribution in [3.63, 3.8) is 0 Å². The Bertz CT molecular complexity index is 361. The van der Waals surface area contributed by atoms with Crippen LogP contribution in [0.3, 0.4) is 0 Å². The van der Waals surface area contributed by atoms with E-state index in [1.54, 1.807) is 0 Å². The highest BCUT2D eigenvalue weighted by Crippen LogP contribution is 2.41. The van der Waals surface area contributed by atoms with Gasteiger partial charge in [0.15, 0.2) is 5.78 Å². The first-order valence-electron chi connectivity index (χ1n) is 5.63. The summed E-state index contributed by atoms with van der Waals surface area (Å²) < 4.78 is 0. The lowest BCUT2D eigenvalue weighted by Crippen LogP contribution is -2.06. The molecule has 0 spiro atoms. The van der Waals surface area contributed by atoms with Crippen LogP contribution in [0.15, 0.2) is 24.3 Å². The fourth-order valence-electron chi connectivity index (χ4n) is 1.93. The molecule has 1 aliphatic rings. The Morgan fingerprint density at radius 2 is 2.13 bits per heavy atom. The van der Waals surface area contributed by atoms with Crippen molar-refractivity contribution in [1.82, 2.24) is 0 Å². The van der Waals surface area contributed by atoms with E-state index in [2.05, 4.69) is 13.0 Å². The number of rotatable bonds is 4. The fraction of sp³-hybridized carbons (Fsp3) is 0.429. The Kier molecular flexibility index (Phi) is 2.90. The van der Waals surface area contributed by atoms with Crippen molar-refractivity contribution in [2.24, 2.45) is 5.92 Å². The Morgan fingerprint density at radius 3 is 2.73 bits per heavy atom. The molecule has 15 heavy (non-hydrogen) atoms. The Labute approximate surface area is 91.5 Å². The maximum absolute atomic E-state index is 12.0. The van der Waals surface area contributed by atoms with Gasteiger partial charge in [0.2, 0.25) is 0 Å². The molecular weight excluding hydrogens is 184 g/mol. The lowest BCUT2D eigenvalue weighted by atomic mass is 9.95. The summed E-state index contributed by atoms with van der Waals surface area (Å²) in [6.45, 7) is 5.86. The molecule has 1 unspecified atom stereocenters. The van der Waals surface area contributed by atoms with Crippen LogP contribution in [0.5, 0.6) is 0 Å². The van der Waals surface area contributed by atoms with Crippen LogP contribution in [0.4, 0.5) is 0 Å². The zero-order valence-electron chi connectivity index (χ0n) is 9.20. The van der Waals surface area contributed by atoms with Gasteiger partial charge >= 0.3 is 0 Å². The van der Waals surface area contributed by atoms with Crippen LogP contribution in [0.2, 0.25) is 0 Å². The van der Waals surface area contributed by atoms with E-state index in [1.807, 2.05) is 25.1 Å². The van der Waals surface area contributed by atoms with Crippen molar-refractivity contribution >= 4 is 5.78 Å². The average Bonchev–Trinajstić information content (AvgIpc) is 3.00. The smallest absolute Gasteiger partial charge is 0.163 e. The van der Waals surface area contributed by atoms with Gasteiger partial charge in [-0.3, -0.25) is 4.79 Å². The van der Waals surface area contributed by atoms with Gasteiger partial charge in [-0.25, -0.2) is 0 Å². The van der Waals surface area contributed by atoms with E-state index in [1.165, 1.54) is 18.4 Å². The van der Waals surface area contributed by atoms with Gasteiger partial charge in [0, 0.05) is 12.0 Å². The lowest BCUT2D eigenvalue weighted by molar-refractivity contribution is 0.0970. The van der Waals surface area contributed by atoms with Crippen molar-refractivity contribution in [2.45, 2.75) is 32.1 Å². The van der Waals surface area contributed by atoms with Crippen LogP contribution < -0.4 is 0 Å². The van der Waals surface area contributed by atoms with Gasteiger partial charge in [0.1, 0.15) is 0 Å². The number of carbonyl (C=O) groups is 1. The first-order chi connectivity index (χ1) is 7.18. The number of hydrogen-bond donors (Lipinski definition) is 0. The fourth-order valence-corrected chi connectivity index (χ4v) is 1.93. The van der Waals surface area contributed by atoms with Gasteiger partial charge in [0.05, 0.1) is 0 Å². The van der Waals surface area contributed by atoms with Crippen LogP contribution in [0.1, 0.15) is 48.0 Å². The van der Waals surface area contributed by atoms with E-state index < -0.39 is 0 Å². The van der Waals surface area contributed by atoms with Crippen molar-refractivity contribution in [3.05, 3.63) is 42.3 Å². The first-order valence-corrected chi connectivity index (χ1v) is 5.63. The zero-order valence-corrected chi connectivity index (χ0v) is 9.20. The second-order valence-corrected chi connectivity index (χ2v) is 4.59. The highest BCUT2D eigenvalue weighted by Gasteiger charge is 2.27. The molecule has 1 aromatic carbocycles. The summed E-state index contributed by atoms with van der Waals surface area (Å²) in [5, 5.41) is 0. The summed E-state index contributed by atoms with van der Waals surface area (Å²) in [7, 11) is 0. The highest BCUT2D eigenvalue weighted by atomic mass is 16.1. The van der Waals surface area contributed by atoms with Crippen LogP contribution in [-0.2, 0) is 0 Å². The van der Waals surface area contributed by atoms with E-state index in [9.17, 15) is 4.79 Å². The maximum Gasteiger partial charge on any atom is 0.163 e. The van der Waals surface area contributed by atoms with E-state index in [0.29, 0.717) is 12.3 Å². The molecule has 0 N–H and O–H groups in total. The third-order valence-electron chi connectivity index (χ3n) is 2.81. The molecule has 0 amide bonds. The largest absolute Gasteiger partial charge is 0.294 e. The molecule has 79 valence electrons. The van der Waals surface area contributed by atoms with E-state index in [-0.39, 0.29) is 11.7 Å². The second-order valence-electron chi connectivity index (χ2n) is 4.59. The Balaban J connectivity index is 2.22. The van der Waals surface area contributed by atoms with Crippen molar-refractivity contribution < 1.29 is 4.79 Å². The summed E-state index contributed by atoms with van der Waals surface area (Å²) in [5.41, 5.74) is 2.18. The molecule has 1 saturated carbocycles. The number of ketones is 1. The zero-order chi connectivity index (χ0) is 10.8. The summed E-state index contributed by atoms with van der Waals surface area (Å²) in [6, 6.07) is 8.03. The van der Waals surface area contributed by atoms with Crippen LogP contribution in [0, 0.1) is 12.8 Å². The summed E-state index contributed by atoms with van der Waals surface area (Å²) in [5.74, 6) is 1.09. The quantitative estimate of drug-likeness (QED) is 0.680. The van der Waals surface area contributed by atoms with Gasteiger partial charge in [-0.1, -0.05) is 38.1 Å². The van der Waals surface area contributed by atoms with Crippen molar-refractivity contribution in [1.29, 1.82) is 0 Å². The topological polar surface area (TPSA) is 17.1 Å². The molecule has 1 aromatic rings. The van der Waals surface area contributed by atoms with Crippen LogP contribution in [0.25, 0.3) is 0 Å². The van der Waals surface area contributed by atoms with Gasteiger partial charge in [0.25, 0.3) is 0 Å². The average molecular weight is 201 g/mol. The van der Waals surface area contributed by atoms with E-state index in [4.69, 9.17) is 0 Å². The SMILES string of the molecule is [CH2]C(C)CC(=O)c1ccccc1C1CC1. The van der Waals surface area contributed by atoms with Crippen molar-refractivity contribution in [2.75, 3.05) is 0 Å². The predicted octanol–water partition coefficient (Wildman–Crippen LogP) is 3.61. The summed E-state index contributed by atoms with van der Waals surface area (Å²) >= 11 is 0. The number of Topliss-reactive ketones (excluding diaryl/α,β-unsaturated/α-hetero) is 1. The standard InChI is InChI=1S/C14H17O/c1-10(2)9-14(15)13-6-4-3-5-12(13)11-7-8-11/h3-6,10-11H,1,7-9H2,2H3. The van der Waals surface area contributed by atoms with E-state index in [0.717, 1.165) is 5.56 Å². The molecule has 1 atom stereocenters. The minimum Gasteiger partial charge on any atom is -0.294 e. The third kappa shape index (κ3) is 2.47. The van der Waals surface area contributed by atoms with Crippen LogP contribution in [-0.4, -0.2) is 5.78 Å². The lowest BCUT2D eigenvalue weighted by Gasteiger charge is -2.08. The molecule has 0 bridgehead atoms. The van der Waals surface area contributed by atoms with Gasteiger partial charge < -0.3 is 0 Å². The van der Waals surface area contributed by atoms with E-state index >= 15 is 0 Å². The molecule has 1 radical (unpaired) electrons. The summed E-state index contributed by atoms with van der Waals surface area (Å²) in [6.07, 6.45) is 3.04. The first kappa shape index (κ1) is 10.4. The predicted molar refractivity (Wildman–Crippen MR) is 61.9 cm³/mol. The minimum absolute atomic E-state index is 0.199. The van der Waals surface area contributed by atoms with Crippen LogP contribution >= 0.6 is 0 Å².